The summed E-state index contributed by atoms with van der Waals surface area (Å²) in [6, 6.07) is 0. The predicted molar refractivity (Wildman–Crippen MR) is 77.6 cm³/mol. The van der Waals surface area contributed by atoms with E-state index < -0.39 is 36.8 Å². The monoisotopic (exact) mass is 314 g/mol. The fourth-order valence-electron chi connectivity index (χ4n) is 4.36. The van der Waals surface area contributed by atoms with Gasteiger partial charge in [0, 0.05) is 6.61 Å². The summed E-state index contributed by atoms with van der Waals surface area (Å²) in [4.78, 5) is 0. The molecular formula is C17H24F2O3. The molecule has 1 heterocycles. The van der Waals surface area contributed by atoms with Crippen LogP contribution in [0, 0.1) is 24.4 Å². The second kappa shape index (κ2) is 6.72. The van der Waals surface area contributed by atoms with E-state index in [1.54, 1.807) is 0 Å². The molecule has 5 heteroatoms. The Balaban J connectivity index is 1.68. The van der Waals surface area contributed by atoms with Crippen LogP contribution in [0.5, 0.6) is 0 Å². The lowest BCUT2D eigenvalue weighted by atomic mass is 9.71. The van der Waals surface area contributed by atoms with E-state index in [0.29, 0.717) is 19.4 Å². The SMILES string of the molecule is C#COC1CCC2C3CCC(OCCC)C(F)C3OC2C1F. The minimum atomic E-state index is -1.28. The summed E-state index contributed by atoms with van der Waals surface area (Å²) in [5.41, 5.74) is 0. The van der Waals surface area contributed by atoms with Crippen molar-refractivity contribution in [1.82, 2.24) is 0 Å². The molecule has 0 spiro atoms. The van der Waals surface area contributed by atoms with Gasteiger partial charge in [-0.3, -0.25) is 0 Å². The molecule has 0 N–H and O–H groups in total. The standard InChI is InChI=1S/C17H24F2O3/c1-3-9-21-13-8-6-11-10-5-7-12(20-4-2)14(18)16(10)22-17(11)15(13)19/h2,10-17H,3,5-9H2,1H3. The lowest BCUT2D eigenvalue weighted by Gasteiger charge is -2.37. The normalized spacial score (nSPS) is 47.4. The van der Waals surface area contributed by atoms with Crippen molar-refractivity contribution >= 4 is 0 Å². The maximum Gasteiger partial charge on any atom is 0.164 e. The molecule has 2 saturated carbocycles. The fraction of sp³-hybridized carbons (Fsp3) is 0.882. The van der Waals surface area contributed by atoms with Crippen molar-refractivity contribution in [2.24, 2.45) is 11.8 Å². The topological polar surface area (TPSA) is 27.7 Å². The summed E-state index contributed by atoms with van der Waals surface area (Å²) in [5, 5.41) is 0. The summed E-state index contributed by atoms with van der Waals surface area (Å²) in [7, 11) is 0. The minimum Gasteiger partial charge on any atom is -0.440 e. The fourth-order valence-corrected chi connectivity index (χ4v) is 4.36. The van der Waals surface area contributed by atoms with Gasteiger partial charge in [0.2, 0.25) is 0 Å². The van der Waals surface area contributed by atoms with Crippen LogP contribution >= 0.6 is 0 Å². The molecule has 8 atom stereocenters. The number of halogens is 2. The van der Waals surface area contributed by atoms with Crippen molar-refractivity contribution in [3.05, 3.63) is 0 Å². The summed E-state index contributed by atoms with van der Waals surface area (Å²) in [6.07, 6.45) is 6.28. The van der Waals surface area contributed by atoms with Crippen LogP contribution in [0.4, 0.5) is 8.78 Å². The van der Waals surface area contributed by atoms with Crippen LogP contribution in [0.1, 0.15) is 39.0 Å². The van der Waals surface area contributed by atoms with Crippen molar-refractivity contribution < 1.29 is 23.0 Å². The quantitative estimate of drug-likeness (QED) is 0.747. The van der Waals surface area contributed by atoms with E-state index in [2.05, 4.69) is 6.11 Å². The smallest absolute Gasteiger partial charge is 0.164 e. The minimum absolute atomic E-state index is 0.0722. The van der Waals surface area contributed by atoms with Crippen LogP contribution < -0.4 is 0 Å². The first-order valence-corrected chi connectivity index (χ1v) is 8.33. The lowest BCUT2D eigenvalue weighted by molar-refractivity contribution is -0.125. The van der Waals surface area contributed by atoms with Crippen LogP contribution in [0.3, 0.4) is 0 Å². The molecule has 0 aromatic rings. The van der Waals surface area contributed by atoms with E-state index in [1.165, 1.54) is 0 Å². The third-order valence-electron chi connectivity index (χ3n) is 5.37. The summed E-state index contributed by atoms with van der Waals surface area (Å²) >= 11 is 0. The Morgan fingerprint density at radius 3 is 2.23 bits per heavy atom. The Labute approximate surface area is 130 Å². The zero-order valence-corrected chi connectivity index (χ0v) is 12.9. The van der Waals surface area contributed by atoms with E-state index in [9.17, 15) is 8.78 Å². The Morgan fingerprint density at radius 1 is 1.05 bits per heavy atom. The molecule has 2 aliphatic carbocycles. The highest BCUT2D eigenvalue weighted by Gasteiger charge is 2.57. The highest BCUT2D eigenvalue weighted by atomic mass is 19.1. The third kappa shape index (κ3) is 2.72. The Bertz CT molecular complexity index is 425. The van der Waals surface area contributed by atoms with Crippen LogP contribution in [0.15, 0.2) is 0 Å². The Hall–Kier alpha value is -0.860. The number of hydrogen-bond acceptors (Lipinski definition) is 3. The third-order valence-corrected chi connectivity index (χ3v) is 5.37. The van der Waals surface area contributed by atoms with Crippen LogP contribution in [0.2, 0.25) is 0 Å². The molecule has 3 rings (SSSR count). The van der Waals surface area contributed by atoms with Gasteiger partial charge in [-0.1, -0.05) is 13.3 Å². The first-order valence-electron chi connectivity index (χ1n) is 8.33. The molecule has 0 radical (unpaired) electrons. The maximum absolute atomic E-state index is 14.7. The number of rotatable bonds is 4. The van der Waals surface area contributed by atoms with Gasteiger partial charge in [-0.2, -0.15) is 0 Å². The van der Waals surface area contributed by atoms with E-state index >= 15 is 0 Å². The molecule has 8 unspecified atom stereocenters. The zero-order valence-electron chi connectivity index (χ0n) is 12.9. The van der Waals surface area contributed by atoms with Gasteiger partial charge in [0.15, 0.2) is 12.3 Å². The van der Waals surface area contributed by atoms with E-state index in [4.69, 9.17) is 20.6 Å². The van der Waals surface area contributed by atoms with Gasteiger partial charge in [0.1, 0.15) is 12.2 Å². The molecule has 0 amide bonds. The molecule has 3 fully saturated rings. The lowest BCUT2D eigenvalue weighted by Crippen LogP contribution is -2.45. The predicted octanol–water partition coefficient (Wildman–Crippen LogP) is 3.02. The number of alkyl halides is 2. The number of hydrogen-bond donors (Lipinski definition) is 0. The van der Waals surface area contributed by atoms with Crippen molar-refractivity contribution in [2.45, 2.75) is 75.8 Å². The molecule has 3 nitrogen and oxygen atoms in total. The second-order valence-electron chi connectivity index (χ2n) is 6.62. The van der Waals surface area contributed by atoms with Gasteiger partial charge in [-0.15, -0.1) is 0 Å². The van der Waals surface area contributed by atoms with E-state index in [1.807, 2.05) is 6.92 Å². The van der Waals surface area contributed by atoms with Gasteiger partial charge in [-0.05, 0) is 43.9 Å². The largest absolute Gasteiger partial charge is 0.440 e. The summed E-state index contributed by atoms with van der Waals surface area (Å²) in [6.45, 7) is 2.55. The Morgan fingerprint density at radius 2 is 1.64 bits per heavy atom. The highest BCUT2D eigenvalue weighted by Crippen LogP contribution is 2.49. The molecule has 124 valence electrons. The zero-order chi connectivity index (χ0) is 15.7. The highest BCUT2D eigenvalue weighted by molar-refractivity contribution is 5.05. The van der Waals surface area contributed by atoms with Crippen molar-refractivity contribution in [2.75, 3.05) is 6.61 Å². The average molecular weight is 314 g/mol. The molecule has 0 bridgehead atoms. The average Bonchev–Trinajstić information content (AvgIpc) is 2.90. The summed E-state index contributed by atoms with van der Waals surface area (Å²) < 4.78 is 45.7. The summed E-state index contributed by atoms with van der Waals surface area (Å²) in [5.74, 6) is 0.162. The first kappa shape index (κ1) is 16.0. The number of ether oxygens (including phenoxy) is 3. The first-order chi connectivity index (χ1) is 10.7. The van der Waals surface area contributed by atoms with Gasteiger partial charge in [-0.25, -0.2) is 8.78 Å². The van der Waals surface area contributed by atoms with Gasteiger partial charge < -0.3 is 14.2 Å². The van der Waals surface area contributed by atoms with Gasteiger partial charge in [0.25, 0.3) is 0 Å². The van der Waals surface area contributed by atoms with Crippen LogP contribution in [0.25, 0.3) is 0 Å². The molecule has 3 aliphatic rings. The molecule has 22 heavy (non-hydrogen) atoms. The maximum atomic E-state index is 14.7. The van der Waals surface area contributed by atoms with Crippen molar-refractivity contribution in [3.8, 4) is 12.5 Å². The molecular weight excluding hydrogens is 290 g/mol. The van der Waals surface area contributed by atoms with Gasteiger partial charge >= 0.3 is 0 Å². The Kier molecular flexibility index (Phi) is 4.89. The van der Waals surface area contributed by atoms with E-state index in [-0.39, 0.29) is 11.8 Å². The molecule has 0 aromatic carbocycles. The van der Waals surface area contributed by atoms with Crippen LogP contribution in [-0.4, -0.2) is 43.4 Å². The second-order valence-corrected chi connectivity index (χ2v) is 6.62. The van der Waals surface area contributed by atoms with Crippen LogP contribution in [-0.2, 0) is 14.2 Å². The van der Waals surface area contributed by atoms with Crippen molar-refractivity contribution in [1.29, 1.82) is 0 Å². The molecule has 1 saturated heterocycles. The number of terminal acetylenes is 1. The van der Waals surface area contributed by atoms with Gasteiger partial charge in [0.05, 0.1) is 18.3 Å². The molecule has 1 aliphatic heterocycles. The number of fused-ring (bicyclic) bond motifs is 3. The van der Waals surface area contributed by atoms with E-state index in [0.717, 1.165) is 19.3 Å². The van der Waals surface area contributed by atoms with Crippen molar-refractivity contribution in [3.63, 3.8) is 0 Å². The molecule has 0 aromatic heterocycles.